The van der Waals surface area contributed by atoms with Crippen LogP contribution in [0.5, 0.6) is 0 Å². The van der Waals surface area contributed by atoms with E-state index in [0.717, 1.165) is 16.0 Å². The molecule has 4 rings (SSSR count). The quantitative estimate of drug-likeness (QED) is 0.246. The van der Waals surface area contributed by atoms with Crippen molar-refractivity contribution >= 4 is 50.7 Å². The van der Waals surface area contributed by atoms with Gasteiger partial charge in [-0.2, -0.15) is 0 Å². The zero-order chi connectivity index (χ0) is 25.7. The molecule has 4 aromatic rings. The minimum absolute atomic E-state index is 0.0274. The molecular formula is C28H25ClN2O3S2. The van der Waals surface area contributed by atoms with Crippen molar-refractivity contribution < 1.29 is 13.2 Å². The van der Waals surface area contributed by atoms with E-state index in [0.29, 0.717) is 10.7 Å². The molecule has 0 aliphatic heterocycles. The number of carbonyl (C=O) groups excluding carboxylic acids is 1. The molecular weight excluding hydrogens is 512 g/mol. The van der Waals surface area contributed by atoms with E-state index in [1.54, 1.807) is 90.6 Å². The highest BCUT2D eigenvalue weighted by molar-refractivity contribution is 7.98. The van der Waals surface area contributed by atoms with Crippen LogP contribution in [-0.4, -0.2) is 20.6 Å². The minimum atomic E-state index is -4.00. The lowest BCUT2D eigenvalue weighted by Gasteiger charge is -2.27. The van der Waals surface area contributed by atoms with Crippen molar-refractivity contribution in [1.29, 1.82) is 0 Å². The lowest BCUT2D eigenvalue weighted by molar-refractivity contribution is 0.102. The van der Waals surface area contributed by atoms with Crippen LogP contribution in [0.2, 0.25) is 5.02 Å². The van der Waals surface area contributed by atoms with Crippen LogP contribution in [0.25, 0.3) is 0 Å². The van der Waals surface area contributed by atoms with E-state index in [1.807, 2.05) is 31.4 Å². The largest absolute Gasteiger partial charge is 0.322 e. The van der Waals surface area contributed by atoms with E-state index < -0.39 is 15.9 Å². The van der Waals surface area contributed by atoms with Gasteiger partial charge in [-0.15, -0.1) is 11.8 Å². The van der Waals surface area contributed by atoms with Gasteiger partial charge in [-0.05, 0) is 73.3 Å². The topological polar surface area (TPSA) is 66.5 Å². The number of anilines is 2. The number of halogens is 1. The van der Waals surface area contributed by atoms with Crippen LogP contribution >= 0.6 is 23.4 Å². The average Bonchev–Trinajstić information content (AvgIpc) is 2.88. The monoisotopic (exact) mass is 536 g/mol. The van der Waals surface area contributed by atoms with Crippen LogP contribution in [0.4, 0.5) is 11.4 Å². The van der Waals surface area contributed by atoms with Gasteiger partial charge in [-0.25, -0.2) is 8.42 Å². The summed E-state index contributed by atoms with van der Waals surface area (Å²) in [7, 11) is -4.00. The smallest absolute Gasteiger partial charge is 0.264 e. The van der Waals surface area contributed by atoms with Crippen LogP contribution in [-0.2, 0) is 16.6 Å². The maximum atomic E-state index is 13.9. The van der Waals surface area contributed by atoms with Gasteiger partial charge in [-0.1, -0.05) is 59.6 Å². The van der Waals surface area contributed by atoms with Crippen LogP contribution in [0.3, 0.4) is 0 Å². The van der Waals surface area contributed by atoms with E-state index in [4.69, 9.17) is 11.6 Å². The third-order valence-corrected chi connectivity index (χ3v) is 8.34. The molecule has 0 aliphatic carbocycles. The van der Waals surface area contributed by atoms with Crippen LogP contribution in [0, 0.1) is 6.92 Å². The molecule has 0 heterocycles. The first-order valence-electron chi connectivity index (χ1n) is 11.2. The lowest BCUT2D eigenvalue weighted by atomic mass is 10.1. The fraction of sp³-hybridized carbons (Fsp3) is 0.107. The summed E-state index contributed by atoms with van der Waals surface area (Å²) in [5.74, 6) is -0.399. The second kappa shape index (κ2) is 11.2. The van der Waals surface area contributed by atoms with E-state index in [1.165, 1.54) is 4.31 Å². The lowest BCUT2D eigenvalue weighted by Crippen LogP contribution is -2.32. The molecule has 36 heavy (non-hydrogen) atoms. The summed E-state index contributed by atoms with van der Waals surface area (Å²) in [6, 6.07) is 27.9. The SMILES string of the molecule is CSc1cccc(NC(=O)c2ccccc2N(Cc2ccc(Cl)cc2)S(=O)(=O)c2ccc(C)cc2)c1. The van der Waals surface area contributed by atoms with Gasteiger partial charge in [0, 0.05) is 15.6 Å². The van der Waals surface area contributed by atoms with E-state index in [2.05, 4.69) is 5.32 Å². The first-order valence-corrected chi connectivity index (χ1v) is 14.2. The number of sulfonamides is 1. The highest BCUT2D eigenvalue weighted by Gasteiger charge is 2.28. The molecule has 0 aliphatic rings. The van der Waals surface area contributed by atoms with Gasteiger partial charge in [0.25, 0.3) is 15.9 Å². The second-order valence-corrected chi connectivity index (χ2v) is 11.3. The predicted molar refractivity (Wildman–Crippen MR) is 149 cm³/mol. The first kappa shape index (κ1) is 25.8. The van der Waals surface area contributed by atoms with E-state index in [9.17, 15) is 13.2 Å². The Hall–Kier alpha value is -3.26. The number of aryl methyl sites for hydroxylation is 1. The first-order chi connectivity index (χ1) is 17.3. The molecule has 0 bridgehead atoms. The molecule has 0 radical (unpaired) electrons. The fourth-order valence-corrected chi connectivity index (χ4v) is 5.73. The Balaban J connectivity index is 1.78. The molecule has 5 nitrogen and oxygen atoms in total. The maximum Gasteiger partial charge on any atom is 0.264 e. The van der Waals surface area contributed by atoms with Gasteiger partial charge in [0.1, 0.15) is 0 Å². The molecule has 0 atom stereocenters. The second-order valence-electron chi connectivity index (χ2n) is 8.15. The molecule has 4 aromatic carbocycles. The van der Waals surface area contributed by atoms with Gasteiger partial charge in [0.15, 0.2) is 0 Å². The molecule has 184 valence electrons. The summed E-state index contributed by atoms with van der Waals surface area (Å²) < 4.78 is 29.1. The highest BCUT2D eigenvalue weighted by Crippen LogP contribution is 2.30. The fourth-order valence-electron chi connectivity index (χ4n) is 3.68. The summed E-state index contributed by atoms with van der Waals surface area (Å²) >= 11 is 7.61. The Labute approximate surface area is 221 Å². The third-order valence-electron chi connectivity index (χ3n) is 5.59. The minimum Gasteiger partial charge on any atom is -0.322 e. The average molecular weight is 537 g/mol. The molecule has 0 saturated heterocycles. The van der Waals surface area contributed by atoms with Crippen LogP contribution in [0.15, 0.2) is 107 Å². The third kappa shape index (κ3) is 5.93. The summed E-state index contributed by atoms with van der Waals surface area (Å²) in [6.45, 7) is 1.92. The Bertz CT molecular complexity index is 1470. The van der Waals surface area contributed by atoms with Gasteiger partial charge in [0.05, 0.1) is 22.7 Å². The van der Waals surface area contributed by atoms with Gasteiger partial charge < -0.3 is 5.32 Å². The molecule has 0 saturated carbocycles. The number of benzene rings is 4. The number of nitrogens with zero attached hydrogens (tertiary/aromatic N) is 1. The van der Waals surface area contributed by atoms with E-state index >= 15 is 0 Å². The molecule has 0 unspecified atom stereocenters. The molecule has 0 spiro atoms. The number of thioether (sulfide) groups is 1. The Morgan fingerprint density at radius 1 is 0.917 bits per heavy atom. The number of amides is 1. The van der Waals surface area contributed by atoms with Crippen molar-refractivity contribution in [3.63, 3.8) is 0 Å². The van der Waals surface area contributed by atoms with Crippen molar-refractivity contribution in [1.82, 2.24) is 0 Å². The molecule has 0 aromatic heterocycles. The van der Waals surface area contributed by atoms with Crippen molar-refractivity contribution in [3.8, 4) is 0 Å². The molecule has 0 fully saturated rings. The standard InChI is InChI=1S/C28H25ClN2O3S2/c1-20-10-16-25(17-11-20)36(33,34)31(19-21-12-14-22(29)15-13-21)27-9-4-3-8-26(27)28(32)30-23-6-5-7-24(18-23)35-2/h3-18H,19H2,1-2H3,(H,30,32). The normalized spacial score (nSPS) is 11.2. The predicted octanol–water partition coefficient (Wildman–Crippen LogP) is 7.02. The number of rotatable bonds is 8. The maximum absolute atomic E-state index is 13.9. The van der Waals surface area contributed by atoms with Crippen LogP contribution < -0.4 is 9.62 Å². The van der Waals surface area contributed by atoms with Crippen molar-refractivity contribution in [2.24, 2.45) is 0 Å². The summed E-state index contributed by atoms with van der Waals surface area (Å²) in [4.78, 5) is 14.5. The highest BCUT2D eigenvalue weighted by atomic mass is 35.5. The van der Waals surface area contributed by atoms with Gasteiger partial charge in [-0.3, -0.25) is 9.10 Å². The zero-order valence-electron chi connectivity index (χ0n) is 19.8. The Kier molecular flexibility index (Phi) is 8.04. The zero-order valence-corrected chi connectivity index (χ0v) is 22.2. The summed E-state index contributed by atoms with van der Waals surface area (Å²) in [6.07, 6.45) is 1.96. The van der Waals surface area contributed by atoms with Crippen molar-refractivity contribution in [2.75, 3.05) is 15.9 Å². The van der Waals surface area contributed by atoms with Crippen molar-refractivity contribution in [3.05, 3.63) is 119 Å². The number of hydrogen-bond acceptors (Lipinski definition) is 4. The van der Waals surface area contributed by atoms with Crippen molar-refractivity contribution in [2.45, 2.75) is 23.3 Å². The molecule has 8 heteroatoms. The van der Waals surface area contributed by atoms with Gasteiger partial charge in [0.2, 0.25) is 0 Å². The molecule has 1 N–H and O–H groups in total. The number of nitrogens with one attached hydrogen (secondary N) is 1. The number of hydrogen-bond donors (Lipinski definition) is 1. The molecule has 1 amide bonds. The van der Waals surface area contributed by atoms with Gasteiger partial charge >= 0.3 is 0 Å². The summed E-state index contributed by atoms with van der Waals surface area (Å²) in [5, 5.41) is 3.46. The number of carbonyl (C=O) groups is 1. The summed E-state index contributed by atoms with van der Waals surface area (Å²) in [5.41, 5.74) is 2.85. The van der Waals surface area contributed by atoms with Crippen LogP contribution in [0.1, 0.15) is 21.5 Å². The number of para-hydroxylation sites is 1. The Morgan fingerprint density at radius 2 is 1.61 bits per heavy atom. The Morgan fingerprint density at radius 3 is 2.31 bits per heavy atom. The van der Waals surface area contributed by atoms with E-state index in [-0.39, 0.29) is 22.7 Å².